The Hall–Kier alpha value is -3.58. The van der Waals surface area contributed by atoms with E-state index < -0.39 is 5.97 Å². The molecule has 0 saturated carbocycles. The zero-order valence-electron chi connectivity index (χ0n) is 18.3. The minimum atomic E-state index is -0.417. The van der Waals surface area contributed by atoms with Crippen LogP contribution in [0.2, 0.25) is 0 Å². The molecule has 0 N–H and O–H groups in total. The largest absolute Gasteiger partial charge is 0.465 e. The van der Waals surface area contributed by atoms with Crippen LogP contribution in [-0.4, -0.2) is 41.3 Å². The molecule has 2 aromatic heterocycles. The number of hydrogen-bond acceptors (Lipinski definition) is 5. The standard InChI is InChI=1S/C25H24FN3O3/c1-16-5-4-6-21(27-16)18-8-7-17(20(26)13-18)15-24-28-22-10-9-19(25(30)32-3)14-23(22)29(24)11-12-31-2/h4-10,13-14H,11-12,15H2,1-3H3. The molecule has 6 nitrogen and oxygen atoms in total. The molecule has 0 aliphatic heterocycles. The first-order valence-electron chi connectivity index (χ1n) is 10.3. The highest BCUT2D eigenvalue weighted by atomic mass is 19.1. The third kappa shape index (κ3) is 4.38. The summed E-state index contributed by atoms with van der Waals surface area (Å²) in [4.78, 5) is 21.1. The second-order valence-corrected chi connectivity index (χ2v) is 7.51. The van der Waals surface area contributed by atoms with Crippen LogP contribution >= 0.6 is 0 Å². The summed E-state index contributed by atoms with van der Waals surface area (Å²) >= 11 is 0. The number of carbonyl (C=O) groups is 1. The topological polar surface area (TPSA) is 66.2 Å². The van der Waals surface area contributed by atoms with E-state index in [0.717, 1.165) is 28.0 Å². The lowest BCUT2D eigenvalue weighted by atomic mass is 10.1. The number of rotatable bonds is 7. The fourth-order valence-electron chi connectivity index (χ4n) is 3.71. The van der Waals surface area contributed by atoms with Gasteiger partial charge in [0.25, 0.3) is 0 Å². The second kappa shape index (κ2) is 9.28. The van der Waals surface area contributed by atoms with Gasteiger partial charge in [-0.2, -0.15) is 0 Å². The molecule has 0 spiro atoms. The van der Waals surface area contributed by atoms with E-state index in [2.05, 4.69) is 4.98 Å². The number of benzene rings is 2. The number of pyridine rings is 1. The molecule has 164 valence electrons. The molecular weight excluding hydrogens is 409 g/mol. The lowest BCUT2D eigenvalue weighted by molar-refractivity contribution is 0.0601. The average Bonchev–Trinajstić information content (AvgIpc) is 3.14. The first-order valence-corrected chi connectivity index (χ1v) is 10.3. The van der Waals surface area contributed by atoms with Gasteiger partial charge in [-0.15, -0.1) is 0 Å². The summed E-state index contributed by atoms with van der Waals surface area (Å²) in [5.74, 6) is -0.0369. The molecule has 0 aliphatic rings. The summed E-state index contributed by atoms with van der Waals surface area (Å²) in [5.41, 5.74) is 4.81. The van der Waals surface area contributed by atoms with Gasteiger partial charge in [0.2, 0.25) is 0 Å². The third-order valence-electron chi connectivity index (χ3n) is 5.35. The zero-order chi connectivity index (χ0) is 22.7. The minimum absolute atomic E-state index is 0.305. The van der Waals surface area contributed by atoms with Gasteiger partial charge < -0.3 is 14.0 Å². The molecule has 4 aromatic rings. The van der Waals surface area contributed by atoms with E-state index in [1.54, 1.807) is 31.4 Å². The van der Waals surface area contributed by atoms with Crippen LogP contribution in [0.5, 0.6) is 0 Å². The van der Waals surface area contributed by atoms with Crippen molar-refractivity contribution in [2.45, 2.75) is 19.9 Å². The van der Waals surface area contributed by atoms with Crippen molar-refractivity contribution in [2.75, 3.05) is 20.8 Å². The van der Waals surface area contributed by atoms with E-state index in [9.17, 15) is 4.79 Å². The second-order valence-electron chi connectivity index (χ2n) is 7.51. The average molecular weight is 433 g/mol. The highest BCUT2D eigenvalue weighted by molar-refractivity contribution is 5.93. The number of aryl methyl sites for hydroxylation is 1. The highest BCUT2D eigenvalue weighted by Gasteiger charge is 2.16. The fraction of sp³-hybridized carbons (Fsp3) is 0.240. The molecular formula is C25H24FN3O3. The molecule has 0 atom stereocenters. The number of imidazole rings is 1. The van der Waals surface area contributed by atoms with Crippen LogP contribution in [0.1, 0.15) is 27.4 Å². The van der Waals surface area contributed by atoms with Crippen LogP contribution in [0.4, 0.5) is 4.39 Å². The van der Waals surface area contributed by atoms with Gasteiger partial charge in [-0.3, -0.25) is 4.98 Å². The molecule has 4 rings (SSSR count). The predicted molar refractivity (Wildman–Crippen MR) is 120 cm³/mol. The normalized spacial score (nSPS) is 11.1. The minimum Gasteiger partial charge on any atom is -0.465 e. The SMILES string of the molecule is COCCn1c(Cc2ccc(-c3cccc(C)n3)cc2F)nc2ccc(C(=O)OC)cc21. The Kier molecular flexibility index (Phi) is 6.28. The number of esters is 1. The Labute approximate surface area is 185 Å². The summed E-state index contributed by atoms with van der Waals surface area (Å²) in [6, 6.07) is 16.0. The van der Waals surface area contributed by atoms with Crippen LogP contribution in [0.25, 0.3) is 22.3 Å². The number of fused-ring (bicyclic) bond motifs is 1. The molecule has 32 heavy (non-hydrogen) atoms. The van der Waals surface area contributed by atoms with Crippen molar-refractivity contribution in [3.8, 4) is 11.3 Å². The summed E-state index contributed by atoms with van der Waals surface area (Å²) in [6.45, 7) is 2.89. The lowest BCUT2D eigenvalue weighted by Gasteiger charge is -2.11. The molecule has 0 bridgehead atoms. The Balaban J connectivity index is 1.70. The van der Waals surface area contributed by atoms with Crippen LogP contribution < -0.4 is 0 Å². The molecule has 0 amide bonds. The lowest BCUT2D eigenvalue weighted by Crippen LogP contribution is -2.10. The number of carbonyl (C=O) groups excluding carboxylic acids is 1. The Morgan fingerprint density at radius 3 is 2.62 bits per heavy atom. The van der Waals surface area contributed by atoms with Crippen molar-refractivity contribution in [2.24, 2.45) is 0 Å². The number of methoxy groups -OCH3 is 2. The number of ether oxygens (including phenoxy) is 2. The maximum absolute atomic E-state index is 15.0. The predicted octanol–water partition coefficient (Wildman–Crippen LogP) is 4.57. The van der Waals surface area contributed by atoms with Gasteiger partial charge >= 0.3 is 5.97 Å². The Bertz CT molecular complexity index is 1280. The Morgan fingerprint density at radius 1 is 1.06 bits per heavy atom. The smallest absolute Gasteiger partial charge is 0.337 e. The van der Waals surface area contributed by atoms with Crippen molar-refractivity contribution >= 4 is 17.0 Å². The number of nitrogens with zero attached hydrogens (tertiary/aromatic N) is 3. The van der Waals surface area contributed by atoms with E-state index in [-0.39, 0.29) is 5.82 Å². The number of halogens is 1. The van der Waals surface area contributed by atoms with Crippen molar-refractivity contribution in [3.63, 3.8) is 0 Å². The summed E-state index contributed by atoms with van der Waals surface area (Å²) in [7, 11) is 2.97. The van der Waals surface area contributed by atoms with Crippen molar-refractivity contribution in [1.82, 2.24) is 14.5 Å². The quantitative estimate of drug-likeness (QED) is 0.400. The molecule has 0 unspecified atom stereocenters. The summed E-state index contributed by atoms with van der Waals surface area (Å²) < 4.78 is 27.1. The summed E-state index contributed by atoms with van der Waals surface area (Å²) in [6.07, 6.45) is 0.305. The monoisotopic (exact) mass is 433 g/mol. The molecule has 2 heterocycles. The van der Waals surface area contributed by atoms with E-state index in [1.807, 2.05) is 35.8 Å². The molecule has 0 saturated heterocycles. The van der Waals surface area contributed by atoms with Crippen molar-refractivity contribution in [3.05, 3.63) is 83.1 Å². The molecule has 0 radical (unpaired) electrons. The van der Waals surface area contributed by atoms with Gasteiger partial charge in [0.1, 0.15) is 11.6 Å². The van der Waals surface area contributed by atoms with Gasteiger partial charge in [0, 0.05) is 31.3 Å². The van der Waals surface area contributed by atoms with E-state index in [4.69, 9.17) is 14.5 Å². The van der Waals surface area contributed by atoms with Crippen LogP contribution in [0.3, 0.4) is 0 Å². The van der Waals surface area contributed by atoms with Crippen molar-refractivity contribution < 1.29 is 18.7 Å². The van der Waals surface area contributed by atoms with Gasteiger partial charge in [-0.25, -0.2) is 14.2 Å². The third-order valence-corrected chi connectivity index (χ3v) is 5.35. The first-order chi connectivity index (χ1) is 15.5. The molecule has 0 fully saturated rings. The van der Waals surface area contributed by atoms with Gasteiger partial charge in [-0.05, 0) is 48.9 Å². The summed E-state index contributed by atoms with van der Waals surface area (Å²) in [5, 5.41) is 0. The van der Waals surface area contributed by atoms with Crippen LogP contribution in [0, 0.1) is 12.7 Å². The van der Waals surface area contributed by atoms with Gasteiger partial charge in [0.05, 0.1) is 36.0 Å². The first kappa shape index (κ1) is 21.6. The van der Waals surface area contributed by atoms with E-state index in [1.165, 1.54) is 13.2 Å². The molecule has 7 heteroatoms. The zero-order valence-corrected chi connectivity index (χ0v) is 18.3. The maximum Gasteiger partial charge on any atom is 0.337 e. The number of aromatic nitrogens is 3. The van der Waals surface area contributed by atoms with Crippen LogP contribution in [-0.2, 0) is 22.4 Å². The van der Waals surface area contributed by atoms with Crippen LogP contribution in [0.15, 0.2) is 54.6 Å². The van der Waals surface area contributed by atoms with Crippen molar-refractivity contribution in [1.29, 1.82) is 0 Å². The highest BCUT2D eigenvalue weighted by Crippen LogP contribution is 2.25. The fourth-order valence-corrected chi connectivity index (χ4v) is 3.71. The van der Waals surface area contributed by atoms with E-state index >= 15 is 4.39 Å². The number of hydrogen-bond donors (Lipinski definition) is 0. The Morgan fingerprint density at radius 2 is 1.91 bits per heavy atom. The van der Waals surface area contributed by atoms with Gasteiger partial charge in [0.15, 0.2) is 0 Å². The molecule has 0 aliphatic carbocycles. The van der Waals surface area contributed by atoms with E-state index in [0.29, 0.717) is 36.5 Å². The maximum atomic E-state index is 15.0. The molecule has 2 aromatic carbocycles. The van der Waals surface area contributed by atoms with Gasteiger partial charge in [-0.1, -0.05) is 18.2 Å².